The van der Waals surface area contributed by atoms with Crippen LogP contribution in [0.2, 0.25) is 0 Å². The van der Waals surface area contributed by atoms with Crippen molar-refractivity contribution in [3.8, 4) is 0 Å². The number of halogens is 2. The summed E-state index contributed by atoms with van der Waals surface area (Å²) < 4.78 is 4.90. The molecular formula is C25H28Cl2HfNSi. The van der Waals surface area contributed by atoms with Crippen LogP contribution in [0.15, 0.2) is 91.0 Å². The van der Waals surface area contributed by atoms with Gasteiger partial charge in [-0.1, -0.05) is 0 Å². The Labute approximate surface area is 202 Å². The van der Waals surface area contributed by atoms with Crippen LogP contribution < -0.4 is 38.5 Å². The number of hydrogen-bond donors (Lipinski definition) is 1. The molecule has 0 aliphatic heterocycles. The number of allylic oxidation sites excluding steroid dienone is 1. The molecule has 0 bridgehead atoms. The fourth-order valence-corrected chi connectivity index (χ4v) is 35.9. The largest absolute Gasteiger partial charge is 1.00 e. The van der Waals surface area contributed by atoms with Crippen molar-refractivity contribution in [2.24, 2.45) is 0 Å². The molecule has 5 heteroatoms. The van der Waals surface area contributed by atoms with E-state index in [-0.39, 0.29) is 24.8 Å². The van der Waals surface area contributed by atoms with Crippen LogP contribution in [0.4, 0.5) is 0 Å². The van der Waals surface area contributed by atoms with E-state index in [4.69, 9.17) is 0 Å². The van der Waals surface area contributed by atoms with Gasteiger partial charge < -0.3 is 24.8 Å². The molecule has 155 valence electrons. The normalized spacial score (nSPS) is 15.1. The quantitative estimate of drug-likeness (QED) is 0.309. The predicted molar refractivity (Wildman–Crippen MR) is 120 cm³/mol. The molecule has 1 aliphatic carbocycles. The zero-order valence-electron chi connectivity index (χ0n) is 17.4. The van der Waals surface area contributed by atoms with Gasteiger partial charge in [-0.2, -0.15) is 0 Å². The Bertz CT molecular complexity index is 897. The molecule has 0 amide bonds. The van der Waals surface area contributed by atoms with E-state index in [1.54, 1.807) is 15.9 Å². The molecule has 0 spiro atoms. The van der Waals surface area contributed by atoms with Crippen molar-refractivity contribution in [1.82, 2.24) is 3.30 Å². The van der Waals surface area contributed by atoms with Crippen molar-refractivity contribution in [3.63, 3.8) is 0 Å². The molecule has 0 heterocycles. The van der Waals surface area contributed by atoms with Crippen molar-refractivity contribution < 1.29 is 45.7 Å². The van der Waals surface area contributed by atoms with Gasteiger partial charge in [-0.3, -0.25) is 0 Å². The summed E-state index contributed by atoms with van der Waals surface area (Å²) in [5, 5.41) is 3.20. The van der Waals surface area contributed by atoms with Crippen LogP contribution in [0.25, 0.3) is 6.08 Å². The molecule has 1 N–H and O–H groups in total. The Hall–Kier alpha value is -0.973. The number of fused-ring (bicyclic) bond motifs is 1. The Morgan fingerprint density at radius 3 is 1.93 bits per heavy atom. The molecule has 0 aromatic heterocycles. The van der Waals surface area contributed by atoms with E-state index in [9.17, 15) is 0 Å². The van der Waals surface area contributed by atoms with Gasteiger partial charge in [-0.25, -0.2) is 0 Å². The maximum Gasteiger partial charge on any atom is -1.00 e. The molecule has 1 aliphatic rings. The van der Waals surface area contributed by atoms with E-state index in [0.29, 0.717) is 9.72 Å². The minimum atomic E-state index is -2.32. The monoisotopic (exact) mass is 620 g/mol. The van der Waals surface area contributed by atoms with E-state index >= 15 is 0 Å². The van der Waals surface area contributed by atoms with Crippen molar-refractivity contribution in [3.05, 3.63) is 102 Å². The van der Waals surface area contributed by atoms with Crippen molar-refractivity contribution in [2.45, 2.75) is 30.0 Å². The molecule has 4 rings (SSSR count). The molecule has 0 radical (unpaired) electrons. The number of rotatable bonds is 7. The van der Waals surface area contributed by atoms with Gasteiger partial charge in [0.15, 0.2) is 0 Å². The van der Waals surface area contributed by atoms with Gasteiger partial charge in [-0.05, 0) is 0 Å². The first-order chi connectivity index (χ1) is 13.8. The number of nitrogens with one attached hydrogen (secondary N) is 1. The van der Waals surface area contributed by atoms with Crippen LogP contribution in [0.5, 0.6) is 0 Å². The number of hydrogen-bond acceptors (Lipinski definition) is 1. The topological polar surface area (TPSA) is 12.0 Å². The van der Waals surface area contributed by atoms with Crippen LogP contribution in [-0.2, 0) is 20.9 Å². The zero-order valence-corrected chi connectivity index (χ0v) is 23.7. The predicted octanol–water partition coefficient (Wildman–Crippen LogP) is -1.78. The second-order valence-corrected chi connectivity index (χ2v) is 27.7. The zero-order chi connectivity index (χ0) is 19.3. The van der Waals surface area contributed by atoms with Crippen molar-refractivity contribution in [2.75, 3.05) is 0 Å². The first-order valence-electron chi connectivity index (χ1n) is 10.3. The summed E-state index contributed by atoms with van der Waals surface area (Å²) in [5.74, 6) is -1.30. The number of benzene rings is 3. The average molecular weight is 620 g/mol. The summed E-state index contributed by atoms with van der Waals surface area (Å²) in [4.78, 5) is 0. The first kappa shape index (κ1) is 25.3. The molecule has 30 heavy (non-hydrogen) atoms. The molecule has 0 saturated heterocycles. The van der Waals surface area contributed by atoms with Crippen LogP contribution >= 0.6 is 0 Å². The fourth-order valence-electron chi connectivity index (χ4n) is 4.10. The third-order valence-corrected chi connectivity index (χ3v) is 33.8. The van der Waals surface area contributed by atoms with Gasteiger partial charge in [-0.15, -0.1) is 0 Å². The van der Waals surface area contributed by atoms with Gasteiger partial charge >= 0.3 is 179 Å². The van der Waals surface area contributed by atoms with Gasteiger partial charge in [0.1, 0.15) is 0 Å². The fraction of sp³-hybridized carbons (Fsp3) is 0.200. The molecule has 0 saturated carbocycles. The molecule has 3 aromatic rings. The Morgan fingerprint density at radius 1 is 0.833 bits per heavy atom. The van der Waals surface area contributed by atoms with Gasteiger partial charge in [0.25, 0.3) is 0 Å². The van der Waals surface area contributed by atoms with E-state index in [1.807, 2.05) is 0 Å². The third kappa shape index (κ3) is 5.63. The SMILES string of the molecule is CCC(C)[NH][Hf+2]([CH]1C=Cc2ccccc21)[SiH](c1ccccc1)c1ccccc1.[Cl-].[Cl-]. The molecule has 1 nitrogen and oxygen atoms in total. The van der Waals surface area contributed by atoms with E-state index in [1.165, 1.54) is 12.0 Å². The van der Waals surface area contributed by atoms with Crippen molar-refractivity contribution in [1.29, 1.82) is 0 Å². The van der Waals surface area contributed by atoms with Crippen LogP contribution in [0.1, 0.15) is 35.1 Å². The summed E-state index contributed by atoms with van der Waals surface area (Å²) in [6.45, 7) is 4.68. The van der Waals surface area contributed by atoms with E-state index < -0.39 is 26.9 Å². The molecule has 2 atom stereocenters. The Kier molecular flexibility index (Phi) is 10.3. The third-order valence-electron chi connectivity index (χ3n) is 5.74. The minimum absolute atomic E-state index is 0. The molecule has 2 unspecified atom stereocenters. The average Bonchev–Trinajstić information content (AvgIpc) is 3.19. The van der Waals surface area contributed by atoms with Crippen LogP contribution in [0.3, 0.4) is 0 Å². The Balaban J connectivity index is 0.00000160. The molecule has 3 aromatic carbocycles. The molecular weight excluding hydrogens is 592 g/mol. The van der Waals surface area contributed by atoms with E-state index in [0.717, 1.165) is 0 Å². The maximum absolute atomic E-state index is 4.27. The summed E-state index contributed by atoms with van der Waals surface area (Å²) in [5.41, 5.74) is 2.99. The smallest absolute Gasteiger partial charge is 1.00 e. The standard InChI is InChI=1S/C12H11Si.C9H7.C4H10N.2ClH.Hf/c1-3-7-11(8-4-1)13-12-9-5-2-6-10-12;1-2-5-9-7-3-6-8(9)4-1;1-3-4(2)5;;;/h1-10,13H;1-7H;4-5H,3H2,1-2H3;2*1H;/q;;-1;;;+3/p-2. The first-order valence-corrected chi connectivity index (χ1v) is 22.1. The molecule has 0 fully saturated rings. The van der Waals surface area contributed by atoms with E-state index in [2.05, 4.69) is 114 Å². The minimum Gasteiger partial charge on any atom is -1.00 e. The maximum atomic E-state index is 4.27. The second kappa shape index (κ2) is 12.2. The van der Waals surface area contributed by atoms with Gasteiger partial charge in [0.2, 0.25) is 0 Å². The summed E-state index contributed by atoms with van der Waals surface area (Å²) >= 11 is -2.32. The summed E-state index contributed by atoms with van der Waals surface area (Å²) in [6, 6.07) is 32.4. The van der Waals surface area contributed by atoms with Crippen LogP contribution in [-0.4, -0.2) is 12.0 Å². The summed E-state index contributed by atoms with van der Waals surface area (Å²) in [6.07, 6.45) is 6.08. The van der Waals surface area contributed by atoms with Gasteiger partial charge in [0.05, 0.1) is 0 Å². The van der Waals surface area contributed by atoms with Gasteiger partial charge in [0, 0.05) is 0 Å². The second-order valence-electron chi connectivity index (χ2n) is 7.63. The Morgan fingerprint density at radius 2 is 1.37 bits per heavy atom. The van der Waals surface area contributed by atoms with Crippen LogP contribution in [0, 0.1) is 0 Å². The van der Waals surface area contributed by atoms with Crippen molar-refractivity contribution >= 4 is 22.4 Å². The summed E-state index contributed by atoms with van der Waals surface area (Å²) in [7, 11) is 0.